The number of nitrogens with two attached hydrogens (primary N) is 1. The lowest BCUT2D eigenvalue weighted by Gasteiger charge is -2.20. The lowest BCUT2D eigenvalue weighted by molar-refractivity contribution is -0.0177. The molecule has 0 radical (unpaired) electrons. The second kappa shape index (κ2) is 3.30. The Morgan fingerprint density at radius 2 is 2.35 bits per heavy atom. The van der Waals surface area contributed by atoms with E-state index in [1.807, 2.05) is 6.92 Å². The van der Waals surface area contributed by atoms with Crippen molar-refractivity contribution in [3.05, 3.63) is 22.7 Å². The maximum absolute atomic E-state index is 11.8. The van der Waals surface area contributed by atoms with Crippen LogP contribution in [0.25, 0.3) is 0 Å². The van der Waals surface area contributed by atoms with Crippen LogP contribution in [0.15, 0.2) is 17.1 Å². The standard InChI is InChI=1S/C11H15N3O3/c1-6-8(15)11(3-4-11)9(17-6)14-5-2-7(12)13-10(14)16/h2,5-6,8-9,15H,3-4H2,1H3,(H2,12,13,16)/t6-,8-,9-/m1/s1. The van der Waals surface area contributed by atoms with Crippen LogP contribution < -0.4 is 11.4 Å². The second-order valence-electron chi connectivity index (χ2n) is 4.91. The van der Waals surface area contributed by atoms with Gasteiger partial charge in [-0.25, -0.2) is 4.79 Å². The number of hydrogen-bond donors (Lipinski definition) is 2. The van der Waals surface area contributed by atoms with Crippen molar-refractivity contribution in [2.45, 2.75) is 38.2 Å². The second-order valence-corrected chi connectivity index (χ2v) is 4.91. The molecule has 3 atom stereocenters. The Labute approximate surface area is 98.0 Å². The van der Waals surface area contributed by atoms with Gasteiger partial charge >= 0.3 is 5.69 Å². The molecule has 0 aromatic carbocycles. The molecule has 0 amide bonds. The molecule has 2 fully saturated rings. The molecule has 0 bridgehead atoms. The molecule has 1 spiro atoms. The van der Waals surface area contributed by atoms with Gasteiger partial charge in [0, 0.05) is 11.6 Å². The van der Waals surface area contributed by atoms with Gasteiger partial charge < -0.3 is 15.6 Å². The van der Waals surface area contributed by atoms with Gasteiger partial charge in [-0.1, -0.05) is 0 Å². The first-order chi connectivity index (χ1) is 8.04. The van der Waals surface area contributed by atoms with Gasteiger partial charge in [-0.05, 0) is 25.8 Å². The summed E-state index contributed by atoms with van der Waals surface area (Å²) in [6.45, 7) is 1.82. The largest absolute Gasteiger partial charge is 0.390 e. The fraction of sp³-hybridized carbons (Fsp3) is 0.636. The van der Waals surface area contributed by atoms with Crippen LogP contribution in [0.5, 0.6) is 0 Å². The fourth-order valence-electron chi connectivity index (χ4n) is 2.66. The lowest BCUT2D eigenvalue weighted by Crippen LogP contribution is -2.33. The van der Waals surface area contributed by atoms with E-state index in [9.17, 15) is 9.90 Å². The molecule has 1 saturated heterocycles. The number of aliphatic hydroxyl groups is 1. The quantitative estimate of drug-likeness (QED) is 0.711. The van der Waals surface area contributed by atoms with Crippen molar-refractivity contribution in [2.24, 2.45) is 5.41 Å². The van der Waals surface area contributed by atoms with E-state index < -0.39 is 18.0 Å². The molecule has 92 valence electrons. The van der Waals surface area contributed by atoms with Gasteiger partial charge in [0.1, 0.15) is 12.0 Å². The minimum absolute atomic E-state index is 0.197. The average molecular weight is 237 g/mol. The van der Waals surface area contributed by atoms with E-state index >= 15 is 0 Å². The molecule has 3 rings (SSSR count). The van der Waals surface area contributed by atoms with E-state index in [-0.39, 0.29) is 17.3 Å². The highest BCUT2D eigenvalue weighted by Gasteiger charge is 2.63. The summed E-state index contributed by atoms with van der Waals surface area (Å²) < 4.78 is 7.12. The van der Waals surface area contributed by atoms with Crippen LogP contribution in [-0.4, -0.2) is 26.9 Å². The summed E-state index contributed by atoms with van der Waals surface area (Å²) in [5.74, 6) is 0.197. The Bertz CT molecular complexity index is 509. The zero-order valence-corrected chi connectivity index (χ0v) is 9.54. The first-order valence-corrected chi connectivity index (χ1v) is 5.73. The van der Waals surface area contributed by atoms with E-state index in [2.05, 4.69) is 4.98 Å². The van der Waals surface area contributed by atoms with Crippen LogP contribution >= 0.6 is 0 Å². The fourth-order valence-corrected chi connectivity index (χ4v) is 2.66. The summed E-state index contributed by atoms with van der Waals surface area (Å²) >= 11 is 0. The van der Waals surface area contributed by atoms with Crippen LogP contribution in [0.3, 0.4) is 0 Å². The van der Waals surface area contributed by atoms with Crippen LogP contribution in [-0.2, 0) is 4.74 Å². The molecule has 6 heteroatoms. The van der Waals surface area contributed by atoms with Gasteiger partial charge in [-0.15, -0.1) is 0 Å². The molecule has 1 aromatic heterocycles. The minimum atomic E-state index is -0.517. The number of anilines is 1. The van der Waals surface area contributed by atoms with Crippen LogP contribution in [0.1, 0.15) is 26.0 Å². The average Bonchev–Trinajstić information content (AvgIpc) is 3.02. The first kappa shape index (κ1) is 10.7. The van der Waals surface area contributed by atoms with Crippen molar-refractivity contribution in [3.63, 3.8) is 0 Å². The van der Waals surface area contributed by atoms with Gasteiger partial charge in [0.05, 0.1) is 12.2 Å². The maximum atomic E-state index is 11.8. The molecule has 3 N–H and O–H groups in total. The molecule has 1 aliphatic heterocycles. The third-order valence-electron chi connectivity index (χ3n) is 3.80. The molecule has 2 heterocycles. The summed E-state index contributed by atoms with van der Waals surface area (Å²) in [6, 6.07) is 1.57. The Hall–Kier alpha value is -1.40. The van der Waals surface area contributed by atoms with E-state index in [1.54, 1.807) is 12.3 Å². The zero-order chi connectivity index (χ0) is 12.2. The molecular formula is C11H15N3O3. The number of rotatable bonds is 1. The number of ether oxygens (including phenoxy) is 1. The first-order valence-electron chi connectivity index (χ1n) is 5.73. The smallest absolute Gasteiger partial charge is 0.351 e. The van der Waals surface area contributed by atoms with Crippen molar-refractivity contribution >= 4 is 5.82 Å². The maximum Gasteiger partial charge on any atom is 0.351 e. The van der Waals surface area contributed by atoms with Gasteiger partial charge in [0.15, 0.2) is 0 Å². The Morgan fingerprint density at radius 1 is 1.65 bits per heavy atom. The number of nitrogen functional groups attached to an aromatic ring is 1. The summed E-state index contributed by atoms with van der Waals surface area (Å²) in [4.78, 5) is 15.5. The zero-order valence-electron chi connectivity index (χ0n) is 9.54. The Morgan fingerprint density at radius 3 is 2.94 bits per heavy atom. The number of aromatic nitrogens is 2. The number of hydrogen-bond acceptors (Lipinski definition) is 5. The monoisotopic (exact) mass is 237 g/mol. The highest BCUT2D eigenvalue weighted by molar-refractivity contribution is 5.24. The minimum Gasteiger partial charge on any atom is -0.390 e. The highest BCUT2D eigenvalue weighted by Crippen LogP contribution is 2.62. The van der Waals surface area contributed by atoms with Crippen LogP contribution in [0.2, 0.25) is 0 Å². The van der Waals surface area contributed by atoms with Crippen molar-refractivity contribution in [1.82, 2.24) is 9.55 Å². The Kier molecular flexibility index (Phi) is 2.08. The summed E-state index contributed by atoms with van der Waals surface area (Å²) in [7, 11) is 0. The number of nitrogens with zero attached hydrogens (tertiary/aromatic N) is 2. The predicted octanol–water partition coefficient (Wildman–Crippen LogP) is -0.116. The van der Waals surface area contributed by atoms with Gasteiger partial charge in [-0.3, -0.25) is 4.57 Å². The molecule has 1 aromatic rings. The number of aliphatic hydroxyl groups excluding tert-OH is 1. The summed E-state index contributed by atoms with van der Waals surface area (Å²) in [6.07, 6.45) is 2.14. The van der Waals surface area contributed by atoms with Crippen molar-refractivity contribution in [1.29, 1.82) is 0 Å². The third kappa shape index (κ3) is 1.41. The molecule has 17 heavy (non-hydrogen) atoms. The van der Waals surface area contributed by atoms with Gasteiger partial charge in [0.2, 0.25) is 0 Å². The van der Waals surface area contributed by atoms with Crippen molar-refractivity contribution in [3.8, 4) is 0 Å². The van der Waals surface area contributed by atoms with Crippen molar-refractivity contribution < 1.29 is 9.84 Å². The Balaban J connectivity index is 2.03. The lowest BCUT2D eigenvalue weighted by atomic mass is 9.97. The van der Waals surface area contributed by atoms with E-state index in [0.717, 1.165) is 12.8 Å². The normalized spacial score (nSPS) is 34.1. The van der Waals surface area contributed by atoms with E-state index in [1.165, 1.54) is 4.57 Å². The van der Waals surface area contributed by atoms with Crippen molar-refractivity contribution in [2.75, 3.05) is 5.73 Å². The molecule has 2 aliphatic rings. The molecule has 0 unspecified atom stereocenters. The summed E-state index contributed by atoms with van der Waals surface area (Å²) in [5.41, 5.74) is 4.72. The predicted molar refractivity (Wildman–Crippen MR) is 60.2 cm³/mol. The topological polar surface area (TPSA) is 90.4 Å². The SMILES string of the molecule is C[C@H]1O[C@@H](n2ccc(N)nc2=O)C2(CC2)[C@@H]1O. The van der Waals surface area contributed by atoms with Crippen LogP contribution in [0, 0.1) is 5.41 Å². The van der Waals surface area contributed by atoms with Crippen LogP contribution in [0.4, 0.5) is 5.82 Å². The van der Waals surface area contributed by atoms with Gasteiger partial charge in [-0.2, -0.15) is 4.98 Å². The molecular weight excluding hydrogens is 222 g/mol. The highest BCUT2D eigenvalue weighted by atomic mass is 16.5. The van der Waals surface area contributed by atoms with Gasteiger partial charge in [0.25, 0.3) is 0 Å². The third-order valence-corrected chi connectivity index (χ3v) is 3.80. The molecule has 1 aliphatic carbocycles. The molecule has 1 saturated carbocycles. The molecule has 6 nitrogen and oxygen atoms in total. The summed E-state index contributed by atoms with van der Waals surface area (Å²) in [5, 5.41) is 10.1. The van der Waals surface area contributed by atoms with E-state index in [0.29, 0.717) is 0 Å². The van der Waals surface area contributed by atoms with E-state index in [4.69, 9.17) is 10.5 Å².